The van der Waals surface area contributed by atoms with Gasteiger partial charge in [-0.25, -0.2) is 0 Å². The average Bonchev–Trinajstić information content (AvgIpc) is 2.62. The number of likely N-dealkylation sites (N-methyl/N-ethyl adjacent to an activating group) is 1. The molecule has 1 unspecified atom stereocenters. The number of nitrogens with zero attached hydrogens (tertiary/aromatic N) is 2. The Morgan fingerprint density at radius 3 is 2.89 bits per heavy atom. The van der Waals surface area contributed by atoms with Crippen molar-refractivity contribution in [3.05, 3.63) is 29.8 Å². The van der Waals surface area contributed by atoms with Crippen molar-refractivity contribution in [1.82, 2.24) is 5.32 Å². The third-order valence-electron chi connectivity index (χ3n) is 3.78. The average molecular weight is 257 g/mol. The highest BCUT2D eigenvalue weighted by Crippen LogP contribution is 2.27. The Hall–Kier alpha value is -1.53. The molecule has 0 fully saturated rings. The predicted octanol–water partition coefficient (Wildman–Crippen LogP) is 2.72. The number of hydrogen-bond donors (Lipinski definition) is 1. The molecule has 0 saturated carbocycles. The van der Waals surface area contributed by atoms with Crippen LogP contribution in [0.15, 0.2) is 24.3 Å². The molecule has 19 heavy (non-hydrogen) atoms. The van der Waals surface area contributed by atoms with Crippen molar-refractivity contribution in [2.45, 2.75) is 38.6 Å². The summed E-state index contributed by atoms with van der Waals surface area (Å²) >= 11 is 0. The second-order valence-electron chi connectivity index (χ2n) is 5.48. The number of aryl methyl sites for hydroxylation is 1. The molecule has 1 aliphatic rings. The highest BCUT2D eigenvalue weighted by atomic mass is 15.2. The molecule has 0 aliphatic carbocycles. The Kier molecular flexibility index (Phi) is 4.44. The Balaban J connectivity index is 2.23. The van der Waals surface area contributed by atoms with E-state index >= 15 is 0 Å². The van der Waals surface area contributed by atoms with Crippen molar-refractivity contribution in [3.63, 3.8) is 0 Å². The molecule has 3 nitrogen and oxygen atoms in total. The summed E-state index contributed by atoms with van der Waals surface area (Å²) < 4.78 is 0. The Labute approximate surface area is 116 Å². The summed E-state index contributed by atoms with van der Waals surface area (Å²) in [6, 6.07) is 11.0. The van der Waals surface area contributed by atoms with Crippen LogP contribution in [0.25, 0.3) is 0 Å². The lowest BCUT2D eigenvalue weighted by Crippen LogP contribution is -2.50. The van der Waals surface area contributed by atoms with Crippen LogP contribution in [0.1, 0.15) is 32.3 Å². The SMILES string of the molecule is CCNC(C)(C#N)CN1CCCCc2ccccc21. The molecular weight excluding hydrogens is 234 g/mol. The monoisotopic (exact) mass is 257 g/mol. The van der Waals surface area contributed by atoms with E-state index in [9.17, 15) is 5.26 Å². The Morgan fingerprint density at radius 1 is 1.37 bits per heavy atom. The van der Waals surface area contributed by atoms with Crippen LogP contribution in [0.3, 0.4) is 0 Å². The van der Waals surface area contributed by atoms with Gasteiger partial charge >= 0.3 is 0 Å². The largest absolute Gasteiger partial charge is 0.368 e. The topological polar surface area (TPSA) is 39.1 Å². The third-order valence-corrected chi connectivity index (χ3v) is 3.78. The number of nitrogens with one attached hydrogen (secondary N) is 1. The molecule has 0 bridgehead atoms. The zero-order valence-corrected chi connectivity index (χ0v) is 11.9. The number of rotatable bonds is 4. The summed E-state index contributed by atoms with van der Waals surface area (Å²) in [6.07, 6.45) is 3.58. The van der Waals surface area contributed by atoms with Crippen molar-refractivity contribution < 1.29 is 0 Å². The van der Waals surface area contributed by atoms with E-state index in [0.29, 0.717) is 0 Å². The number of fused-ring (bicyclic) bond motifs is 1. The van der Waals surface area contributed by atoms with Gasteiger partial charge in [-0.05, 0) is 44.4 Å². The van der Waals surface area contributed by atoms with Crippen LogP contribution in [0.5, 0.6) is 0 Å². The maximum Gasteiger partial charge on any atom is 0.121 e. The van der Waals surface area contributed by atoms with Gasteiger partial charge in [0, 0.05) is 18.8 Å². The molecule has 0 radical (unpaired) electrons. The first-order valence-electron chi connectivity index (χ1n) is 7.17. The van der Waals surface area contributed by atoms with Crippen LogP contribution in [-0.4, -0.2) is 25.2 Å². The first-order chi connectivity index (χ1) is 9.18. The van der Waals surface area contributed by atoms with Crippen LogP contribution in [-0.2, 0) is 6.42 Å². The van der Waals surface area contributed by atoms with Crippen LogP contribution in [0, 0.1) is 11.3 Å². The number of nitriles is 1. The second kappa shape index (κ2) is 6.08. The summed E-state index contributed by atoms with van der Waals surface area (Å²) in [6.45, 7) is 6.64. The van der Waals surface area contributed by atoms with Crippen molar-refractivity contribution >= 4 is 5.69 Å². The highest BCUT2D eigenvalue weighted by molar-refractivity contribution is 5.55. The second-order valence-corrected chi connectivity index (χ2v) is 5.48. The fourth-order valence-corrected chi connectivity index (χ4v) is 2.84. The lowest BCUT2D eigenvalue weighted by molar-refractivity contribution is 0.453. The van der Waals surface area contributed by atoms with Gasteiger partial charge in [-0.15, -0.1) is 0 Å². The molecule has 1 aliphatic heterocycles. The fraction of sp³-hybridized carbons (Fsp3) is 0.562. The van der Waals surface area contributed by atoms with Crippen molar-refractivity contribution in [2.75, 3.05) is 24.5 Å². The zero-order chi connectivity index (χ0) is 13.7. The van der Waals surface area contributed by atoms with E-state index in [2.05, 4.69) is 40.6 Å². The van der Waals surface area contributed by atoms with Gasteiger partial charge in [0.15, 0.2) is 0 Å². The molecule has 1 N–H and O–H groups in total. The van der Waals surface area contributed by atoms with E-state index in [0.717, 1.165) is 26.1 Å². The molecule has 0 saturated heterocycles. The predicted molar refractivity (Wildman–Crippen MR) is 79.3 cm³/mol. The first kappa shape index (κ1) is 13.9. The van der Waals surface area contributed by atoms with Crippen molar-refractivity contribution in [3.8, 4) is 6.07 Å². The molecule has 1 atom stereocenters. The fourth-order valence-electron chi connectivity index (χ4n) is 2.84. The standard InChI is InChI=1S/C16H23N3/c1-3-18-16(2,12-17)13-19-11-7-6-9-14-8-4-5-10-15(14)19/h4-5,8,10,18H,3,6-7,9,11,13H2,1-2H3. The smallest absolute Gasteiger partial charge is 0.121 e. The summed E-state index contributed by atoms with van der Waals surface area (Å²) in [5.41, 5.74) is 2.24. The number of anilines is 1. The lowest BCUT2D eigenvalue weighted by Gasteiger charge is -2.33. The molecule has 0 aromatic heterocycles. The molecule has 3 heteroatoms. The maximum atomic E-state index is 9.43. The third kappa shape index (κ3) is 3.27. The normalized spacial score (nSPS) is 18.1. The maximum absolute atomic E-state index is 9.43. The molecule has 1 heterocycles. The molecule has 1 aromatic carbocycles. The minimum Gasteiger partial charge on any atom is -0.368 e. The zero-order valence-electron chi connectivity index (χ0n) is 11.9. The van der Waals surface area contributed by atoms with Crippen LogP contribution in [0.2, 0.25) is 0 Å². The highest BCUT2D eigenvalue weighted by Gasteiger charge is 2.27. The lowest BCUT2D eigenvalue weighted by atomic mass is 10.0. The van der Waals surface area contributed by atoms with Gasteiger partial charge in [-0.3, -0.25) is 5.32 Å². The summed E-state index contributed by atoms with van der Waals surface area (Å²) in [4.78, 5) is 2.37. The summed E-state index contributed by atoms with van der Waals surface area (Å²) in [5, 5.41) is 12.7. The van der Waals surface area contributed by atoms with Gasteiger partial charge in [0.2, 0.25) is 0 Å². The van der Waals surface area contributed by atoms with E-state index in [1.807, 2.05) is 13.8 Å². The van der Waals surface area contributed by atoms with Gasteiger partial charge < -0.3 is 4.90 Å². The summed E-state index contributed by atoms with van der Waals surface area (Å²) in [5.74, 6) is 0. The van der Waals surface area contributed by atoms with E-state index in [1.54, 1.807) is 0 Å². The van der Waals surface area contributed by atoms with Crippen LogP contribution < -0.4 is 10.2 Å². The molecule has 2 rings (SSSR count). The molecular formula is C16H23N3. The van der Waals surface area contributed by atoms with Gasteiger partial charge in [-0.1, -0.05) is 25.1 Å². The van der Waals surface area contributed by atoms with Gasteiger partial charge in [0.05, 0.1) is 6.07 Å². The number of hydrogen-bond acceptors (Lipinski definition) is 3. The molecule has 0 spiro atoms. The van der Waals surface area contributed by atoms with Crippen LogP contribution in [0.4, 0.5) is 5.69 Å². The van der Waals surface area contributed by atoms with E-state index in [1.165, 1.54) is 24.1 Å². The van der Waals surface area contributed by atoms with E-state index in [4.69, 9.17) is 0 Å². The quantitative estimate of drug-likeness (QED) is 0.901. The first-order valence-corrected chi connectivity index (χ1v) is 7.17. The van der Waals surface area contributed by atoms with Gasteiger partial charge in [0.1, 0.15) is 5.54 Å². The summed E-state index contributed by atoms with van der Waals surface area (Å²) in [7, 11) is 0. The minimum atomic E-state index is -0.480. The van der Waals surface area contributed by atoms with Crippen molar-refractivity contribution in [1.29, 1.82) is 5.26 Å². The van der Waals surface area contributed by atoms with Gasteiger partial charge in [-0.2, -0.15) is 5.26 Å². The number of para-hydroxylation sites is 1. The van der Waals surface area contributed by atoms with E-state index < -0.39 is 5.54 Å². The molecule has 102 valence electrons. The minimum absolute atomic E-state index is 0.480. The van der Waals surface area contributed by atoms with Gasteiger partial charge in [0.25, 0.3) is 0 Å². The Bertz CT molecular complexity index is 463. The van der Waals surface area contributed by atoms with E-state index in [-0.39, 0.29) is 0 Å². The molecule has 1 aromatic rings. The van der Waals surface area contributed by atoms with Crippen LogP contribution >= 0.6 is 0 Å². The number of benzene rings is 1. The van der Waals surface area contributed by atoms with Crippen molar-refractivity contribution in [2.24, 2.45) is 0 Å². The molecule has 0 amide bonds. The Morgan fingerprint density at radius 2 is 2.16 bits per heavy atom.